The number of hydrogen-bond donors (Lipinski definition) is 0. The fourth-order valence-electron chi connectivity index (χ4n) is 3.50. The maximum Gasteiger partial charge on any atom is 0.100 e. The molecule has 0 radical (unpaired) electrons. The zero-order valence-electron chi connectivity index (χ0n) is 14.5. The van der Waals surface area contributed by atoms with Gasteiger partial charge in [-0.1, -0.05) is 48.5 Å². The SMILES string of the molecule is CC(C)(C)[PH+](c1ccccc1-c1ccccc1)C(C)(C)C.[Pd]. The van der Waals surface area contributed by atoms with E-state index < -0.39 is 7.92 Å². The number of benzene rings is 2. The van der Waals surface area contributed by atoms with Crippen molar-refractivity contribution in [2.75, 3.05) is 0 Å². The van der Waals surface area contributed by atoms with Crippen LogP contribution < -0.4 is 5.30 Å². The summed E-state index contributed by atoms with van der Waals surface area (Å²) < 4.78 is 0. The first-order chi connectivity index (χ1) is 9.71. The van der Waals surface area contributed by atoms with Gasteiger partial charge in [0.15, 0.2) is 0 Å². The van der Waals surface area contributed by atoms with Crippen LogP contribution >= 0.6 is 7.92 Å². The first kappa shape index (κ1) is 19.6. The van der Waals surface area contributed by atoms with Crippen LogP contribution in [0.1, 0.15) is 41.5 Å². The first-order valence-electron chi connectivity index (χ1n) is 7.74. The monoisotopic (exact) mass is 405 g/mol. The second-order valence-electron chi connectivity index (χ2n) is 7.79. The topological polar surface area (TPSA) is 0 Å². The molecule has 0 nitrogen and oxygen atoms in total. The molecule has 0 saturated heterocycles. The van der Waals surface area contributed by atoms with Crippen LogP contribution in [-0.2, 0) is 20.4 Å². The van der Waals surface area contributed by atoms with Crippen molar-refractivity contribution in [3.8, 4) is 11.1 Å². The van der Waals surface area contributed by atoms with E-state index in [0.29, 0.717) is 10.3 Å². The van der Waals surface area contributed by atoms with E-state index in [9.17, 15) is 0 Å². The molecule has 0 heterocycles. The molecule has 0 bridgehead atoms. The summed E-state index contributed by atoms with van der Waals surface area (Å²) >= 11 is 0. The molecule has 0 aliphatic carbocycles. The van der Waals surface area contributed by atoms with E-state index in [0.717, 1.165) is 0 Å². The van der Waals surface area contributed by atoms with Gasteiger partial charge < -0.3 is 0 Å². The molecule has 2 rings (SSSR count). The minimum absolute atomic E-state index is 0. The summed E-state index contributed by atoms with van der Waals surface area (Å²) in [5.74, 6) is 0. The van der Waals surface area contributed by atoms with Crippen molar-refractivity contribution in [1.82, 2.24) is 0 Å². The predicted octanol–water partition coefficient (Wildman–Crippen LogP) is 5.79. The normalized spacial score (nSPS) is 12.1. The molecule has 2 heteroatoms. The minimum Gasteiger partial charge on any atom is -0.0622 e. The summed E-state index contributed by atoms with van der Waals surface area (Å²) in [4.78, 5) is 0. The molecule has 2 aromatic carbocycles. The second-order valence-corrected chi connectivity index (χ2v) is 12.1. The molecule has 0 amide bonds. The van der Waals surface area contributed by atoms with Crippen molar-refractivity contribution < 1.29 is 20.4 Å². The van der Waals surface area contributed by atoms with Gasteiger partial charge in [-0.3, -0.25) is 0 Å². The Morgan fingerprint density at radius 2 is 1.09 bits per heavy atom. The van der Waals surface area contributed by atoms with Gasteiger partial charge in [0.05, 0.1) is 10.3 Å². The van der Waals surface area contributed by atoms with Gasteiger partial charge in [0.1, 0.15) is 5.30 Å². The van der Waals surface area contributed by atoms with E-state index in [4.69, 9.17) is 0 Å². The second kappa shape index (κ2) is 7.40. The molecule has 0 atom stereocenters. The van der Waals surface area contributed by atoms with Crippen molar-refractivity contribution in [3.63, 3.8) is 0 Å². The Labute approximate surface area is 151 Å². The van der Waals surface area contributed by atoms with Crippen molar-refractivity contribution >= 4 is 13.2 Å². The fraction of sp³-hybridized carbons (Fsp3) is 0.400. The molecule has 0 fully saturated rings. The summed E-state index contributed by atoms with van der Waals surface area (Å²) in [6, 6.07) is 19.8. The van der Waals surface area contributed by atoms with E-state index >= 15 is 0 Å². The van der Waals surface area contributed by atoms with Gasteiger partial charge in [0.2, 0.25) is 0 Å². The van der Waals surface area contributed by atoms with Crippen molar-refractivity contribution in [2.45, 2.75) is 51.9 Å². The molecule has 0 aromatic heterocycles. The van der Waals surface area contributed by atoms with Gasteiger partial charge in [0.25, 0.3) is 0 Å². The van der Waals surface area contributed by atoms with E-state index in [1.54, 1.807) is 5.30 Å². The summed E-state index contributed by atoms with van der Waals surface area (Å²) in [5, 5.41) is 2.22. The van der Waals surface area contributed by atoms with E-state index in [1.807, 2.05) is 0 Å². The maximum absolute atomic E-state index is 2.40. The summed E-state index contributed by atoms with van der Waals surface area (Å²) in [6.45, 7) is 14.4. The standard InChI is InChI=1S/C20H27P.Pd/c1-19(2,3)21(20(4,5)6)18-15-11-10-14-17(18)16-12-8-7-9-13-16;/h7-15H,1-6H3;/p+1. The quantitative estimate of drug-likeness (QED) is 0.438. The Kier molecular flexibility index (Phi) is 6.59. The predicted molar refractivity (Wildman–Crippen MR) is 99.3 cm³/mol. The first-order valence-corrected chi connectivity index (χ1v) is 9.24. The van der Waals surface area contributed by atoms with Gasteiger partial charge in [-0.15, -0.1) is 0 Å². The average Bonchev–Trinajstić information content (AvgIpc) is 2.37. The third-order valence-electron chi connectivity index (χ3n) is 3.78. The zero-order chi connectivity index (χ0) is 15.7. The molecule has 0 spiro atoms. The zero-order valence-corrected chi connectivity index (χ0v) is 17.1. The van der Waals surface area contributed by atoms with E-state index in [1.165, 1.54) is 11.1 Å². The van der Waals surface area contributed by atoms with Crippen molar-refractivity contribution in [3.05, 3.63) is 54.6 Å². The van der Waals surface area contributed by atoms with Gasteiger partial charge in [-0.2, -0.15) is 0 Å². The Balaban J connectivity index is 0.00000242. The smallest absolute Gasteiger partial charge is 0.0622 e. The molecule has 0 aliphatic rings. The fourth-order valence-corrected chi connectivity index (χ4v) is 8.13. The molecule has 2 aromatic rings. The third kappa shape index (κ3) is 4.52. The van der Waals surface area contributed by atoms with Crippen molar-refractivity contribution in [2.24, 2.45) is 0 Å². The molecular weight excluding hydrogens is 378 g/mol. The van der Waals surface area contributed by atoms with Crippen LogP contribution in [-0.4, -0.2) is 10.3 Å². The Hall–Kier alpha value is -0.468. The van der Waals surface area contributed by atoms with Crippen molar-refractivity contribution in [1.29, 1.82) is 0 Å². The molecule has 22 heavy (non-hydrogen) atoms. The maximum atomic E-state index is 2.40. The third-order valence-corrected chi connectivity index (χ3v) is 7.76. The summed E-state index contributed by atoms with van der Waals surface area (Å²) in [5.41, 5.74) is 2.75. The van der Waals surface area contributed by atoms with E-state index in [-0.39, 0.29) is 20.4 Å². The van der Waals surface area contributed by atoms with Gasteiger partial charge in [-0.25, -0.2) is 0 Å². The van der Waals surface area contributed by atoms with Crippen LogP contribution in [0.2, 0.25) is 0 Å². The molecular formula is C20H28PPd+. The number of rotatable bonds is 2. The summed E-state index contributed by atoms with van der Waals surface area (Å²) in [6.07, 6.45) is 0. The van der Waals surface area contributed by atoms with Crippen LogP contribution in [0.25, 0.3) is 11.1 Å². The van der Waals surface area contributed by atoms with Gasteiger partial charge in [-0.05, 0) is 53.2 Å². The molecule has 0 unspecified atom stereocenters. The Morgan fingerprint density at radius 3 is 1.59 bits per heavy atom. The van der Waals surface area contributed by atoms with Crippen LogP contribution in [0, 0.1) is 0 Å². The molecule has 0 aliphatic heterocycles. The van der Waals surface area contributed by atoms with Crippen LogP contribution in [0.5, 0.6) is 0 Å². The number of hydrogen-bond acceptors (Lipinski definition) is 0. The molecule has 122 valence electrons. The Morgan fingerprint density at radius 1 is 0.636 bits per heavy atom. The van der Waals surface area contributed by atoms with Gasteiger partial charge in [0, 0.05) is 33.9 Å². The minimum atomic E-state index is -0.730. The Bertz CT molecular complexity index is 577. The molecule has 0 N–H and O–H groups in total. The molecule has 0 saturated carbocycles. The summed E-state index contributed by atoms with van der Waals surface area (Å²) in [7, 11) is -0.730. The average molecular weight is 406 g/mol. The van der Waals surface area contributed by atoms with E-state index in [2.05, 4.69) is 96.1 Å². The van der Waals surface area contributed by atoms with Crippen LogP contribution in [0.4, 0.5) is 0 Å². The largest absolute Gasteiger partial charge is 0.100 e. The van der Waals surface area contributed by atoms with Crippen LogP contribution in [0.3, 0.4) is 0 Å². The van der Waals surface area contributed by atoms with Gasteiger partial charge >= 0.3 is 0 Å². The van der Waals surface area contributed by atoms with Crippen LogP contribution in [0.15, 0.2) is 54.6 Å².